The highest BCUT2D eigenvalue weighted by molar-refractivity contribution is 6.31. The number of nitroso groups, excluding NO2 is 1. The number of phenolic OH excluding ortho intramolecular Hbond substituents is 1. The SMILES string of the molecule is COC1CC(CO)OC(c2ccc(Cl)c(C(O)(O)c3ccc(O)cc3)c2)C1N=O. The number of methoxy groups -OCH3 is 1. The molecule has 4 N–H and O–H groups in total. The van der Waals surface area contributed by atoms with E-state index in [4.69, 9.17) is 21.1 Å². The molecule has 1 fully saturated rings. The second-order valence-electron chi connectivity index (χ2n) is 6.93. The van der Waals surface area contributed by atoms with Crippen molar-refractivity contribution in [3.8, 4) is 5.75 Å². The van der Waals surface area contributed by atoms with Crippen LogP contribution in [0.5, 0.6) is 5.75 Å². The average Bonchev–Trinajstić information content (AvgIpc) is 2.73. The van der Waals surface area contributed by atoms with Crippen LogP contribution in [-0.4, -0.2) is 52.4 Å². The number of aliphatic hydroxyl groups excluding tert-OH is 1. The highest BCUT2D eigenvalue weighted by Crippen LogP contribution is 2.39. The molecule has 0 aromatic heterocycles. The van der Waals surface area contributed by atoms with E-state index in [0.29, 0.717) is 12.0 Å². The van der Waals surface area contributed by atoms with Gasteiger partial charge in [-0.2, -0.15) is 4.91 Å². The Bertz CT molecular complexity index is 858. The van der Waals surface area contributed by atoms with E-state index in [0.717, 1.165) is 0 Å². The lowest BCUT2D eigenvalue weighted by Gasteiger charge is -2.38. The topological polar surface area (TPSA) is 129 Å². The minimum absolute atomic E-state index is 0.0273. The summed E-state index contributed by atoms with van der Waals surface area (Å²) < 4.78 is 11.2. The molecule has 1 aliphatic heterocycles. The van der Waals surface area contributed by atoms with Gasteiger partial charge in [0.15, 0.2) is 0 Å². The molecule has 1 aliphatic rings. The number of nitrogens with zero attached hydrogens (tertiary/aromatic N) is 1. The Morgan fingerprint density at radius 3 is 2.52 bits per heavy atom. The van der Waals surface area contributed by atoms with Crippen LogP contribution >= 0.6 is 11.6 Å². The molecule has 9 heteroatoms. The molecular weight excluding hydrogens is 402 g/mol. The molecule has 4 unspecified atom stereocenters. The van der Waals surface area contributed by atoms with Gasteiger partial charge in [-0.25, -0.2) is 0 Å². The summed E-state index contributed by atoms with van der Waals surface area (Å²) in [5.74, 6) is -2.49. The van der Waals surface area contributed by atoms with E-state index in [9.17, 15) is 25.3 Å². The van der Waals surface area contributed by atoms with Gasteiger partial charge in [0.1, 0.15) is 17.9 Å². The maximum absolute atomic E-state index is 11.5. The monoisotopic (exact) mass is 423 g/mol. The van der Waals surface area contributed by atoms with E-state index in [-0.39, 0.29) is 28.5 Å². The molecular formula is C20H22ClNO7. The predicted molar refractivity (Wildman–Crippen MR) is 104 cm³/mol. The van der Waals surface area contributed by atoms with E-state index in [1.54, 1.807) is 6.07 Å². The number of benzene rings is 2. The molecule has 0 bridgehead atoms. The molecule has 29 heavy (non-hydrogen) atoms. The van der Waals surface area contributed by atoms with Gasteiger partial charge in [0.05, 0.1) is 18.8 Å². The van der Waals surface area contributed by atoms with E-state index >= 15 is 0 Å². The second kappa shape index (κ2) is 8.74. The van der Waals surface area contributed by atoms with Gasteiger partial charge >= 0.3 is 0 Å². The smallest absolute Gasteiger partial charge is 0.218 e. The van der Waals surface area contributed by atoms with E-state index < -0.39 is 30.1 Å². The third-order valence-electron chi connectivity index (χ3n) is 5.12. The Hall–Kier alpha value is -2.07. The van der Waals surface area contributed by atoms with Gasteiger partial charge in [-0.3, -0.25) is 0 Å². The number of halogens is 1. The minimum atomic E-state index is -2.46. The van der Waals surface area contributed by atoms with Crippen LogP contribution in [-0.2, 0) is 15.3 Å². The maximum atomic E-state index is 11.5. The molecule has 0 aliphatic carbocycles. The number of aromatic hydroxyl groups is 1. The normalized spacial score (nSPS) is 25.0. The van der Waals surface area contributed by atoms with Crippen molar-refractivity contribution in [2.75, 3.05) is 13.7 Å². The van der Waals surface area contributed by atoms with Crippen LogP contribution in [0, 0.1) is 4.91 Å². The van der Waals surface area contributed by atoms with Gasteiger partial charge < -0.3 is 29.9 Å². The molecule has 1 heterocycles. The van der Waals surface area contributed by atoms with Crippen molar-refractivity contribution in [2.24, 2.45) is 5.18 Å². The van der Waals surface area contributed by atoms with Crippen LogP contribution in [0.3, 0.4) is 0 Å². The van der Waals surface area contributed by atoms with Crippen LogP contribution in [0.15, 0.2) is 47.6 Å². The summed E-state index contributed by atoms with van der Waals surface area (Å²) in [6.45, 7) is -0.264. The molecule has 8 nitrogen and oxygen atoms in total. The highest BCUT2D eigenvalue weighted by Gasteiger charge is 2.42. The summed E-state index contributed by atoms with van der Waals surface area (Å²) in [7, 11) is 1.45. The lowest BCUT2D eigenvalue weighted by Crippen LogP contribution is -2.44. The first-order valence-corrected chi connectivity index (χ1v) is 9.35. The summed E-state index contributed by atoms with van der Waals surface area (Å²) in [5.41, 5.74) is 0.489. The van der Waals surface area contributed by atoms with Crippen molar-refractivity contribution < 1.29 is 29.9 Å². The van der Waals surface area contributed by atoms with Crippen LogP contribution in [0.25, 0.3) is 0 Å². The molecule has 0 spiro atoms. The van der Waals surface area contributed by atoms with Gasteiger partial charge in [0.25, 0.3) is 0 Å². The third-order valence-corrected chi connectivity index (χ3v) is 5.45. The van der Waals surface area contributed by atoms with Crippen molar-refractivity contribution in [3.05, 3.63) is 69.1 Å². The minimum Gasteiger partial charge on any atom is -0.508 e. The van der Waals surface area contributed by atoms with E-state index in [1.165, 1.54) is 43.5 Å². The zero-order chi connectivity index (χ0) is 21.2. The number of hydrogen-bond acceptors (Lipinski definition) is 8. The van der Waals surface area contributed by atoms with Crippen molar-refractivity contribution in [1.82, 2.24) is 0 Å². The van der Waals surface area contributed by atoms with Crippen molar-refractivity contribution in [1.29, 1.82) is 0 Å². The van der Waals surface area contributed by atoms with Crippen LogP contribution in [0.4, 0.5) is 0 Å². The molecule has 0 radical (unpaired) electrons. The first-order chi connectivity index (χ1) is 13.8. The Morgan fingerprint density at radius 1 is 1.24 bits per heavy atom. The molecule has 1 saturated heterocycles. The molecule has 2 aromatic carbocycles. The number of hydrogen-bond donors (Lipinski definition) is 4. The van der Waals surface area contributed by atoms with Gasteiger partial charge in [0.2, 0.25) is 5.79 Å². The Balaban J connectivity index is 2.03. The first kappa shape index (κ1) is 21.6. The summed E-state index contributed by atoms with van der Waals surface area (Å²) in [6, 6.07) is 8.93. The third kappa shape index (κ3) is 4.28. The maximum Gasteiger partial charge on any atom is 0.218 e. The van der Waals surface area contributed by atoms with Crippen molar-refractivity contribution >= 4 is 11.6 Å². The lowest BCUT2D eigenvalue weighted by molar-refractivity contribution is -0.136. The van der Waals surface area contributed by atoms with Crippen LogP contribution in [0.2, 0.25) is 5.02 Å². The fourth-order valence-electron chi connectivity index (χ4n) is 3.53. The summed E-state index contributed by atoms with van der Waals surface area (Å²) in [5, 5.41) is 43.7. The van der Waals surface area contributed by atoms with Gasteiger partial charge in [-0.1, -0.05) is 22.8 Å². The quantitative estimate of drug-likeness (QED) is 0.414. The molecule has 156 valence electrons. The van der Waals surface area contributed by atoms with Gasteiger partial charge in [0, 0.05) is 29.7 Å². The molecule has 4 atom stereocenters. The van der Waals surface area contributed by atoms with Gasteiger partial charge in [-0.05, 0) is 42.0 Å². The average molecular weight is 424 g/mol. The Kier molecular flexibility index (Phi) is 6.52. The zero-order valence-corrected chi connectivity index (χ0v) is 16.4. The van der Waals surface area contributed by atoms with E-state index in [2.05, 4.69) is 5.18 Å². The molecule has 3 rings (SSSR count). The molecule has 2 aromatic rings. The molecule has 0 amide bonds. The summed E-state index contributed by atoms with van der Waals surface area (Å²) in [6.07, 6.45) is -1.69. The number of phenols is 1. The number of aliphatic hydroxyl groups is 3. The number of rotatable bonds is 6. The van der Waals surface area contributed by atoms with Gasteiger partial charge in [-0.15, -0.1) is 0 Å². The fourth-order valence-corrected chi connectivity index (χ4v) is 3.77. The fraction of sp³-hybridized carbons (Fsp3) is 0.400. The largest absolute Gasteiger partial charge is 0.508 e. The Labute approximate surface area is 172 Å². The summed E-state index contributed by atoms with van der Waals surface area (Å²) in [4.78, 5) is 11.5. The first-order valence-electron chi connectivity index (χ1n) is 8.97. The lowest BCUT2D eigenvalue weighted by atomic mass is 9.89. The van der Waals surface area contributed by atoms with Crippen molar-refractivity contribution in [3.63, 3.8) is 0 Å². The van der Waals surface area contributed by atoms with Crippen LogP contribution in [0.1, 0.15) is 29.2 Å². The molecule has 0 saturated carbocycles. The zero-order valence-electron chi connectivity index (χ0n) is 15.6. The number of ether oxygens (including phenoxy) is 2. The van der Waals surface area contributed by atoms with Crippen LogP contribution < -0.4 is 0 Å². The standard InChI is InChI=1S/C20H22ClNO7/c1-28-17-9-14(10-23)29-19(18(17)22-27)11-2-7-16(21)15(8-11)20(25,26)12-3-5-13(24)6-4-12/h2-8,14,17-19,23-26H,9-10H2,1H3. The predicted octanol–water partition coefficient (Wildman–Crippen LogP) is 2.20. The Morgan fingerprint density at radius 2 is 1.93 bits per heavy atom. The summed E-state index contributed by atoms with van der Waals surface area (Å²) >= 11 is 6.22. The van der Waals surface area contributed by atoms with E-state index in [1.807, 2.05) is 0 Å². The van der Waals surface area contributed by atoms with Crippen molar-refractivity contribution in [2.45, 2.75) is 36.6 Å². The highest BCUT2D eigenvalue weighted by atomic mass is 35.5. The second-order valence-corrected chi connectivity index (χ2v) is 7.33.